The lowest BCUT2D eigenvalue weighted by Gasteiger charge is -2.07. The lowest BCUT2D eigenvalue weighted by atomic mass is 10.2. The monoisotopic (exact) mass is 215 g/mol. The third-order valence-electron chi connectivity index (χ3n) is 2.13. The normalized spacial score (nSPS) is 12.3. The highest BCUT2D eigenvalue weighted by Gasteiger charge is 2.33. The van der Waals surface area contributed by atoms with Crippen molar-refractivity contribution in [3.8, 4) is 0 Å². The van der Waals surface area contributed by atoms with Gasteiger partial charge in [0.2, 0.25) is 0 Å². The van der Waals surface area contributed by atoms with E-state index in [1.165, 1.54) is 22.9 Å². The van der Waals surface area contributed by atoms with Gasteiger partial charge in [-0.1, -0.05) is 0 Å². The number of rotatable bonds is 1. The molecule has 0 aliphatic rings. The van der Waals surface area contributed by atoms with Crippen LogP contribution in [-0.4, -0.2) is 9.38 Å². The molecule has 80 valence electrons. The lowest BCUT2D eigenvalue weighted by Crippen LogP contribution is -2.08. The van der Waals surface area contributed by atoms with E-state index in [4.69, 9.17) is 5.73 Å². The molecule has 3 nitrogen and oxygen atoms in total. The third-order valence-corrected chi connectivity index (χ3v) is 2.13. The predicted molar refractivity (Wildman–Crippen MR) is 48.1 cm³/mol. The van der Waals surface area contributed by atoms with Crippen LogP contribution in [0.5, 0.6) is 0 Å². The molecule has 0 bridgehead atoms. The van der Waals surface area contributed by atoms with Crippen LogP contribution in [0.3, 0.4) is 0 Å². The summed E-state index contributed by atoms with van der Waals surface area (Å²) in [6.45, 7) is 0.155. The molecule has 0 aromatic carbocycles. The van der Waals surface area contributed by atoms with E-state index in [0.717, 1.165) is 6.07 Å². The number of imidazole rings is 1. The van der Waals surface area contributed by atoms with Gasteiger partial charge in [0.15, 0.2) is 0 Å². The van der Waals surface area contributed by atoms with Gasteiger partial charge in [-0.15, -0.1) is 0 Å². The number of alkyl halides is 3. The molecule has 0 spiro atoms. The van der Waals surface area contributed by atoms with Crippen molar-refractivity contribution < 1.29 is 13.2 Å². The molecule has 0 saturated heterocycles. The van der Waals surface area contributed by atoms with Crippen molar-refractivity contribution in [2.75, 3.05) is 0 Å². The maximum absolute atomic E-state index is 12.5. The van der Waals surface area contributed by atoms with Crippen LogP contribution in [0.15, 0.2) is 24.5 Å². The number of fused-ring (bicyclic) bond motifs is 1. The fraction of sp³-hybridized carbons (Fsp3) is 0.222. The Hall–Kier alpha value is -1.56. The topological polar surface area (TPSA) is 43.3 Å². The van der Waals surface area contributed by atoms with Crippen molar-refractivity contribution >= 4 is 5.65 Å². The first-order valence-electron chi connectivity index (χ1n) is 4.26. The summed E-state index contributed by atoms with van der Waals surface area (Å²) < 4.78 is 39.0. The smallest absolute Gasteiger partial charge is 0.325 e. The summed E-state index contributed by atoms with van der Waals surface area (Å²) in [7, 11) is 0. The van der Waals surface area contributed by atoms with Gasteiger partial charge in [0.05, 0.1) is 17.5 Å². The molecule has 0 radical (unpaired) electrons. The molecule has 0 aliphatic carbocycles. The van der Waals surface area contributed by atoms with E-state index in [-0.39, 0.29) is 12.2 Å². The molecule has 0 aliphatic heterocycles. The van der Waals surface area contributed by atoms with Crippen molar-refractivity contribution in [3.05, 3.63) is 35.8 Å². The van der Waals surface area contributed by atoms with Crippen LogP contribution in [0, 0.1) is 0 Å². The van der Waals surface area contributed by atoms with Gasteiger partial charge in [0.25, 0.3) is 0 Å². The van der Waals surface area contributed by atoms with E-state index in [0.29, 0.717) is 5.69 Å². The molecule has 2 rings (SSSR count). The van der Waals surface area contributed by atoms with Gasteiger partial charge in [-0.2, -0.15) is 13.2 Å². The summed E-state index contributed by atoms with van der Waals surface area (Å²) in [5, 5.41) is 0. The lowest BCUT2D eigenvalue weighted by molar-refractivity contribution is -0.136. The van der Waals surface area contributed by atoms with Gasteiger partial charge >= 0.3 is 6.18 Å². The minimum absolute atomic E-state index is 0.106. The zero-order valence-corrected chi connectivity index (χ0v) is 7.62. The van der Waals surface area contributed by atoms with Crippen molar-refractivity contribution in [2.24, 2.45) is 5.73 Å². The van der Waals surface area contributed by atoms with E-state index < -0.39 is 11.7 Å². The average molecular weight is 215 g/mol. The molecule has 0 amide bonds. The number of aromatic nitrogens is 2. The molecule has 2 heterocycles. The second-order valence-electron chi connectivity index (χ2n) is 3.07. The summed E-state index contributed by atoms with van der Waals surface area (Å²) in [5.41, 5.74) is 5.08. The first-order valence-corrected chi connectivity index (χ1v) is 4.26. The predicted octanol–water partition coefficient (Wildman–Crippen LogP) is 1.81. The van der Waals surface area contributed by atoms with Gasteiger partial charge < -0.3 is 10.1 Å². The molecule has 2 aromatic heterocycles. The second-order valence-corrected chi connectivity index (χ2v) is 3.07. The van der Waals surface area contributed by atoms with Gasteiger partial charge in [0, 0.05) is 12.7 Å². The molecule has 0 unspecified atom stereocenters. The Morgan fingerprint density at radius 2 is 2.13 bits per heavy atom. The Bertz CT molecular complexity index is 487. The zero-order chi connectivity index (χ0) is 11.1. The molecule has 0 fully saturated rings. The highest BCUT2D eigenvalue weighted by atomic mass is 19.4. The Balaban J connectivity index is 2.73. The minimum Gasteiger partial charge on any atom is -0.325 e. The fourth-order valence-corrected chi connectivity index (χ4v) is 1.43. The molecular formula is C9H8F3N3. The molecule has 15 heavy (non-hydrogen) atoms. The van der Waals surface area contributed by atoms with E-state index in [9.17, 15) is 13.2 Å². The van der Waals surface area contributed by atoms with Crippen LogP contribution in [0.25, 0.3) is 5.65 Å². The maximum Gasteiger partial charge on any atom is 0.419 e. The van der Waals surface area contributed by atoms with Crippen LogP contribution in [-0.2, 0) is 12.7 Å². The van der Waals surface area contributed by atoms with E-state index >= 15 is 0 Å². The molecular weight excluding hydrogens is 207 g/mol. The largest absolute Gasteiger partial charge is 0.419 e. The molecule has 0 saturated carbocycles. The maximum atomic E-state index is 12.5. The summed E-state index contributed by atoms with van der Waals surface area (Å²) in [5.74, 6) is 0. The number of halogens is 3. The minimum atomic E-state index is -4.39. The summed E-state index contributed by atoms with van der Waals surface area (Å²) in [4.78, 5) is 3.72. The van der Waals surface area contributed by atoms with Gasteiger partial charge in [-0.3, -0.25) is 0 Å². The van der Waals surface area contributed by atoms with Crippen molar-refractivity contribution in [3.63, 3.8) is 0 Å². The highest BCUT2D eigenvalue weighted by Crippen LogP contribution is 2.31. The van der Waals surface area contributed by atoms with E-state index in [2.05, 4.69) is 4.98 Å². The molecule has 0 atom stereocenters. The second kappa shape index (κ2) is 3.23. The van der Waals surface area contributed by atoms with Crippen molar-refractivity contribution in [1.82, 2.24) is 9.38 Å². The highest BCUT2D eigenvalue weighted by molar-refractivity contribution is 5.50. The van der Waals surface area contributed by atoms with Gasteiger partial charge in [-0.25, -0.2) is 4.98 Å². The number of hydrogen-bond acceptors (Lipinski definition) is 2. The fourth-order valence-electron chi connectivity index (χ4n) is 1.43. The summed E-state index contributed by atoms with van der Waals surface area (Å²) in [6.07, 6.45) is -1.52. The van der Waals surface area contributed by atoms with Gasteiger partial charge in [-0.05, 0) is 12.1 Å². The summed E-state index contributed by atoms with van der Waals surface area (Å²) >= 11 is 0. The molecule has 2 aromatic rings. The Kier molecular flexibility index (Phi) is 2.15. The first kappa shape index (κ1) is 9.97. The number of nitrogens with zero attached hydrogens (tertiary/aromatic N) is 2. The van der Waals surface area contributed by atoms with Crippen molar-refractivity contribution in [2.45, 2.75) is 12.7 Å². The Morgan fingerprint density at radius 1 is 1.40 bits per heavy atom. The number of nitrogens with two attached hydrogens (primary N) is 1. The third kappa shape index (κ3) is 1.56. The summed E-state index contributed by atoms with van der Waals surface area (Å²) in [6, 6.07) is 2.33. The zero-order valence-electron chi connectivity index (χ0n) is 7.62. The van der Waals surface area contributed by atoms with Crippen LogP contribution < -0.4 is 5.73 Å². The van der Waals surface area contributed by atoms with Gasteiger partial charge in [0.1, 0.15) is 5.65 Å². The SMILES string of the molecule is NCc1cnc2c(C(F)(F)F)cccn12. The first-order chi connectivity index (χ1) is 7.04. The van der Waals surface area contributed by atoms with E-state index in [1.54, 1.807) is 0 Å². The Labute approximate surface area is 83.3 Å². The van der Waals surface area contributed by atoms with Crippen LogP contribution >= 0.6 is 0 Å². The number of pyridine rings is 1. The standard InChI is InChI=1S/C9H8F3N3/c10-9(11,12)7-2-1-3-15-6(4-13)5-14-8(7)15/h1-3,5H,4,13H2. The van der Waals surface area contributed by atoms with Crippen molar-refractivity contribution in [1.29, 1.82) is 0 Å². The quantitative estimate of drug-likeness (QED) is 0.788. The molecule has 6 heteroatoms. The average Bonchev–Trinajstić information content (AvgIpc) is 2.58. The number of hydrogen-bond donors (Lipinski definition) is 1. The van der Waals surface area contributed by atoms with E-state index in [1.807, 2.05) is 0 Å². The Morgan fingerprint density at radius 3 is 2.73 bits per heavy atom. The van der Waals surface area contributed by atoms with Crippen LogP contribution in [0.2, 0.25) is 0 Å². The molecule has 2 N–H and O–H groups in total. The van der Waals surface area contributed by atoms with Crippen LogP contribution in [0.4, 0.5) is 13.2 Å². The van der Waals surface area contributed by atoms with Crippen LogP contribution in [0.1, 0.15) is 11.3 Å².